The first kappa shape index (κ1) is 12.4. The van der Waals surface area contributed by atoms with Crippen molar-refractivity contribution in [2.75, 3.05) is 0 Å². The minimum absolute atomic E-state index is 0.402. The Morgan fingerprint density at radius 1 is 1.53 bits per heavy atom. The molecule has 0 aliphatic carbocycles. The highest BCUT2D eigenvalue weighted by atomic mass is 79.9. The van der Waals surface area contributed by atoms with E-state index in [-0.39, 0.29) is 0 Å². The highest BCUT2D eigenvalue weighted by Gasteiger charge is 2.20. The summed E-state index contributed by atoms with van der Waals surface area (Å²) in [4.78, 5) is 23.1. The molecule has 3 nitrogen and oxygen atoms in total. The predicted octanol–water partition coefficient (Wildman–Crippen LogP) is 3.28. The van der Waals surface area contributed by atoms with E-state index in [1.54, 1.807) is 26.8 Å². The van der Waals surface area contributed by atoms with Crippen molar-refractivity contribution in [3.8, 4) is 0 Å². The summed E-state index contributed by atoms with van der Waals surface area (Å²) in [7, 11) is 0. The highest BCUT2D eigenvalue weighted by Crippen LogP contribution is 2.27. The normalized spacial score (nSPS) is 11.2. The molecular formula is C10H11BrO3S. The first-order valence-electron chi connectivity index (χ1n) is 4.31. The molecule has 0 unspecified atom stereocenters. The molecule has 0 radical (unpaired) electrons. The molecule has 0 aliphatic rings. The Hall–Kier alpha value is -0.680. The van der Waals surface area contributed by atoms with E-state index >= 15 is 0 Å². The van der Waals surface area contributed by atoms with Crippen LogP contribution in [0.3, 0.4) is 0 Å². The van der Waals surface area contributed by atoms with Crippen LogP contribution in [-0.2, 0) is 4.74 Å². The van der Waals surface area contributed by atoms with E-state index in [0.29, 0.717) is 20.5 Å². The molecule has 0 aromatic carbocycles. The number of aldehydes is 1. The lowest BCUT2D eigenvalue weighted by atomic mass is 10.2. The van der Waals surface area contributed by atoms with Gasteiger partial charge in [-0.15, -0.1) is 11.3 Å². The molecule has 0 bridgehead atoms. The SMILES string of the molecule is CC(C)(C)OC(=O)c1cc(Br)c(C=O)s1. The van der Waals surface area contributed by atoms with Crippen molar-refractivity contribution in [1.29, 1.82) is 0 Å². The Balaban J connectivity index is 2.88. The van der Waals surface area contributed by atoms with Crippen LogP contribution in [0.4, 0.5) is 0 Å². The van der Waals surface area contributed by atoms with Gasteiger partial charge in [0.1, 0.15) is 10.5 Å². The summed E-state index contributed by atoms with van der Waals surface area (Å²) < 4.78 is 5.80. The zero-order chi connectivity index (χ0) is 11.6. The standard InChI is InChI=1S/C10H11BrO3S/c1-10(2,3)14-9(13)7-4-6(11)8(5-12)15-7/h4-5H,1-3H3. The van der Waals surface area contributed by atoms with Gasteiger partial charge in [0, 0.05) is 4.47 Å². The van der Waals surface area contributed by atoms with Gasteiger partial charge < -0.3 is 4.74 Å². The highest BCUT2D eigenvalue weighted by molar-refractivity contribution is 9.10. The molecule has 15 heavy (non-hydrogen) atoms. The smallest absolute Gasteiger partial charge is 0.348 e. The van der Waals surface area contributed by atoms with E-state index in [4.69, 9.17) is 4.74 Å². The molecule has 0 N–H and O–H groups in total. The minimum Gasteiger partial charge on any atom is -0.456 e. The fourth-order valence-corrected chi connectivity index (χ4v) is 2.35. The van der Waals surface area contributed by atoms with Crippen molar-refractivity contribution in [3.05, 3.63) is 20.3 Å². The number of halogens is 1. The molecule has 0 saturated heterocycles. The van der Waals surface area contributed by atoms with Crippen LogP contribution in [0.15, 0.2) is 10.5 Å². The van der Waals surface area contributed by atoms with Gasteiger partial charge in [-0.1, -0.05) is 0 Å². The van der Waals surface area contributed by atoms with Gasteiger partial charge in [0.2, 0.25) is 0 Å². The Morgan fingerprint density at radius 2 is 2.13 bits per heavy atom. The Kier molecular flexibility index (Phi) is 3.67. The summed E-state index contributed by atoms with van der Waals surface area (Å²) >= 11 is 4.32. The summed E-state index contributed by atoms with van der Waals surface area (Å²) in [5.41, 5.74) is -0.519. The molecule has 82 valence electrons. The second-order valence-corrected chi connectivity index (χ2v) is 5.88. The van der Waals surface area contributed by atoms with Gasteiger partial charge in [0.05, 0.1) is 4.88 Å². The molecule has 0 spiro atoms. The predicted molar refractivity (Wildman–Crippen MR) is 62.6 cm³/mol. The van der Waals surface area contributed by atoms with Crippen LogP contribution in [-0.4, -0.2) is 17.9 Å². The Bertz CT molecular complexity index is 390. The van der Waals surface area contributed by atoms with Crippen molar-refractivity contribution in [1.82, 2.24) is 0 Å². The summed E-state index contributed by atoms with van der Waals surface area (Å²) in [5.74, 6) is -0.402. The fraction of sp³-hybridized carbons (Fsp3) is 0.400. The number of ether oxygens (including phenoxy) is 1. The lowest BCUT2D eigenvalue weighted by molar-refractivity contribution is 0.00751. The third-order valence-corrected chi connectivity index (χ3v) is 3.38. The van der Waals surface area contributed by atoms with E-state index in [2.05, 4.69) is 15.9 Å². The van der Waals surface area contributed by atoms with Crippen molar-refractivity contribution in [2.45, 2.75) is 26.4 Å². The number of esters is 1. The molecular weight excluding hydrogens is 280 g/mol. The van der Waals surface area contributed by atoms with Crippen LogP contribution < -0.4 is 0 Å². The molecule has 1 rings (SSSR count). The first-order valence-corrected chi connectivity index (χ1v) is 5.92. The van der Waals surface area contributed by atoms with E-state index in [0.717, 1.165) is 11.3 Å². The molecule has 1 aromatic rings. The van der Waals surface area contributed by atoms with Crippen molar-refractivity contribution < 1.29 is 14.3 Å². The number of thiophene rings is 1. The zero-order valence-electron chi connectivity index (χ0n) is 8.67. The van der Waals surface area contributed by atoms with Gasteiger partial charge in [-0.3, -0.25) is 4.79 Å². The Labute approximate surface area is 101 Å². The number of rotatable bonds is 2. The van der Waals surface area contributed by atoms with Crippen LogP contribution >= 0.6 is 27.3 Å². The number of carbonyl (C=O) groups is 2. The average molecular weight is 291 g/mol. The average Bonchev–Trinajstić information content (AvgIpc) is 2.43. The number of carbonyl (C=O) groups excluding carboxylic acids is 2. The van der Waals surface area contributed by atoms with Gasteiger partial charge in [0.25, 0.3) is 0 Å². The quantitative estimate of drug-likeness (QED) is 0.620. The largest absolute Gasteiger partial charge is 0.456 e. The van der Waals surface area contributed by atoms with Crippen LogP contribution in [0.5, 0.6) is 0 Å². The third kappa shape index (κ3) is 3.43. The summed E-state index contributed by atoms with van der Waals surface area (Å²) in [5, 5.41) is 0. The van der Waals surface area contributed by atoms with Gasteiger partial charge in [-0.05, 0) is 42.8 Å². The van der Waals surface area contributed by atoms with E-state index in [1.807, 2.05) is 0 Å². The fourth-order valence-electron chi connectivity index (χ4n) is 0.892. The molecule has 0 saturated carbocycles. The third-order valence-electron chi connectivity index (χ3n) is 1.42. The van der Waals surface area contributed by atoms with Gasteiger partial charge in [-0.25, -0.2) is 4.79 Å². The molecule has 0 fully saturated rings. The minimum atomic E-state index is -0.519. The first-order chi connectivity index (χ1) is 6.83. The van der Waals surface area contributed by atoms with Gasteiger partial charge in [0.15, 0.2) is 6.29 Å². The Morgan fingerprint density at radius 3 is 2.53 bits per heavy atom. The number of hydrogen-bond acceptors (Lipinski definition) is 4. The topological polar surface area (TPSA) is 43.4 Å². The molecule has 5 heteroatoms. The van der Waals surface area contributed by atoms with Crippen molar-refractivity contribution in [2.24, 2.45) is 0 Å². The van der Waals surface area contributed by atoms with E-state index in [9.17, 15) is 9.59 Å². The van der Waals surface area contributed by atoms with Crippen LogP contribution in [0.25, 0.3) is 0 Å². The molecule has 1 heterocycles. The van der Waals surface area contributed by atoms with Crippen molar-refractivity contribution >= 4 is 39.5 Å². The monoisotopic (exact) mass is 290 g/mol. The van der Waals surface area contributed by atoms with Crippen LogP contribution in [0, 0.1) is 0 Å². The maximum Gasteiger partial charge on any atom is 0.348 e. The van der Waals surface area contributed by atoms with Crippen LogP contribution in [0.2, 0.25) is 0 Å². The lowest BCUT2D eigenvalue weighted by Crippen LogP contribution is -2.23. The maximum absolute atomic E-state index is 11.6. The second-order valence-electron chi connectivity index (χ2n) is 3.94. The van der Waals surface area contributed by atoms with E-state index < -0.39 is 11.6 Å². The molecule has 0 amide bonds. The van der Waals surface area contributed by atoms with Crippen LogP contribution in [0.1, 0.15) is 40.1 Å². The lowest BCUT2D eigenvalue weighted by Gasteiger charge is -2.18. The summed E-state index contributed by atoms with van der Waals surface area (Å²) in [6.07, 6.45) is 0.711. The zero-order valence-corrected chi connectivity index (χ0v) is 11.1. The van der Waals surface area contributed by atoms with E-state index in [1.165, 1.54) is 0 Å². The summed E-state index contributed by atoms with van der Waals surface area (Å²) in [6.45, 7) is 5.40. The molecule has 0 aliphatic heterocycles. The number of hydrogen-bond donors (Lipinski definition) is 0. The van der Waals surface area contributed by atoms with Crippen molar-refractivity contribution in [3.63, 3.8) is 0 Å². The van der Waals surface area contributed by atoms with Gasteiger partial charge >= 0.3 is 5.97 Å². The second kappa shape index (κ2) is 4.45. The molecule has 1 aromatic heterocycles. The molecule has 0 atom stereocenters. The maximum atomic E-state index is 11.6. The van der Waals surface area contributed by atoms with Gasteiger partial charge in [-0.2, -0.15) is 0 Å². The summed E-state index contributed by atoms with van der Waals surface area (Å²) in [6, 6.07) is 1.60.